The highest BCUT2D eigenvalue weighted by molar-refractivity contribution is 6.04. The van der Waals surface area contributed by atoms with Crippen molar-refractivity contribution in [2.24, 2.45) is 7.05 Å². The molecule has 0 fully saturated rings. The van der Waals surface area contributed by atoms with Crippen LogP contribution in [0.25, 0.3) is 11.5 Å². The number of methoxy groups -OCH3 is 1. The molecule has 3 rings (SSSR count). The Morgan fingerprint density at radius 1 is 1.06 bits per heavy atom. The van der Waals surface area contributed by atoms with E-state index in [1.54, 1.807) is 19.2 Å². The van der Waals surface area contributed by atoms with Crippen molar-refractivity contribution in [1.29, 1.82) is 0 Å². The maximum absolute atomic E-state index is 12.5. The minimum Gasteiger partial charge on any atom is -0.490 e. The van der Waals surface area contributed by atoms with Gasteiger partial charge >= 0.3 is 6.01 Å². The van der Waals surface area contributed by atoms with Crippen LogP contribution in [0.5, 0.6) is 23.1 Å². The van der Waals surface area contributed by atoms with Gasteiger partial charge in [0, 0.05) is 18.8 Å². The minimum absolute atomic E-state index is 0.0734. The van der Waals surface area contributed by atoms with Gasteiger partial charge in [0.2, 0.25) is 17.5 Å². The Labute approximate surface area is 179 Å². The van der Waals surface area contributed by atoms with Gasteiger partial charge in [-0.1, -0.05) is 5.10 Å². The molecule has 0 atom stereocenters. The van der Waals surface area contributed by atoms with E-state index in [1.807, 2.05) is 20.8 Å². The fourth-order valence-electron chi connectivity index (χ4n) is 2.84. The molecule has 0 radical (unpaired) electrons. The molecular formula is C20H25N5O6. The van der Waals surface area contributed by atoms with Crippen LogP contribution in [-0.4, -0.2) is 52.8 Å². The molecule has 0 spiro atoms. The number of anilines is 1. The third kappa shape index (κ3) is 4.87. The number of hydrogen-bond acceptors (Lipinski definition) is 9. The van der Waals surface area contributed by atoms with E-state index in [-0.39, 0.29) is 23.3 Å². The third-order valence-corrected chi connectivity index (χ3v) is 4.03. The predicted octanol–water partition coefficient (Wildman–Crippen LogP) is 2.93. The number of aromatic nitrogens is 4. The molecule has 1 amide bonds. The van der Waals surface area contributed by atoms with Gasteiger partial charge in [-0.3, -0.25) is 14.8 Å². The van der Waals surface area contributed by atoms with E-state index < -0.39 is 5.91 Å². The van der Waals surface area contributed by atoms with Gasteiger partial charge in [0.1, 0.15) is 5.56 Å². The van der Waals surface area contributed by atoms with Gasteiger partial charge in [0.05, 0.1) is 26.9 Å². The lowest BCUT2D eigenvalue weighted by molar-refractivity contribution is 0.102. The van der Waals surface area contributed by atoms with E-state index in [2.05, 4.69) is 20.6 Å². The average molecular weight is 431 g/mol. The monoisotopic (exact) mass is 431 g/mol. The zero-order valence-corrected chi connectivity index (χ0v) is 18.1. The first-order valence-corrected chi connectivity index (χ1v) is 9.79. The van der Waals surface area contributed by atoms with Gasteiger partial charge in [-0.2, -0.15) is 0 Å². The molecule has 31 heavy (non-hydrogen) atoms. The SMILES string of the molecule is CCOc1cc(-c2nnc(NC(=O)c3cn(C)nc3OC)o2)cc(OCC)c1OCC. The summed E-state index contributed by atoms with van der Waals surface area (Å²) in [5.41, 5.74) is 0.797. The van der Waals surface area contributed by atoms with Gasteiger partial charge in [0.25, 0.3) is 5.91 Å². The Hall–Kier alpha value is -3.76. The largest absolute Gasteiger partial charge is 0.490 e. The van der Waals surface area contributed by atoms with Gasteiger partial charge in [-0.15, -0.1) is 10.2 Å². The number of nitrogens with zero attached hydrogens (tertiary/aromatic N) is 4. The quantitative estimate of drug-likeness (QED) is 0.516. The predicted molar refractivity (Wildman–Crippen MR) is 111 cm³/mol. The van der Waals surface area contributed by atoms with Crippen LogP contribution in [0.1, 0.15) is 31.1 Å². The van der Waals surface area contributed by atoms with Crippen molar-refractivity contribution in [3.05, 3.63) is 23.9 Å². The van der Waals surface area contributed by atoms with E-state index in [0.717, 1.165) is 0 Å². The minimum atomic E-state index is -0.489. The maximum atomic E-state index is 12.5. The molecule has 1 aromatic carbocycles. The normalized spacial score (nSPS) is 10.6. The van der Waals surface area contributed by atoms with Crippen LogP contribution in [0, 0.1) is 0 Å². The number of rotatable bonds is 10. The molecule has 2 heterocycles. The Morgan fingerprint density at radius 3 is 2.29 bits per heavy atom. The Balaban J connectivity index is 1.89. The highest BCUT2D eigenvalue weighted by atomic mass is 16.5. The number of ether oxygens (including phenoxy) is 4. The van der Waals surface area contributed by atoms with E-state index in [1.165, 1.54) is 18.0 Å². The number of aryl methyl sites for hydroxylation is 1. The standard InChI is InChI=1S/C20H25N5O6/c1-6-28-14-9-12(10-15(29-7-2)16(14)30-8-3)18-22-23-20(31-18)21-17(26)13-11-25(4)24-19(13)27-5/h9-11H,6-8H2,1-5H3,(H,21,23,26). The molecule has 166 valence electrons. The molecule has 0 aliphatic heterocycles. The number of hydrogen-bond donors (Lipinski definition) is 1. The third-order valence-electron chi connectivity index (χ3n) is 4.03. The van der Waals surface area contributed by atoms with Crippen LogP contribution >= 0.6 is 0 Å². The molecule has 11 nitrogen and oxygen atoms in total. The fraction of sp³-hybridized carbons (Fsp3) is 0.400. The second kappa shape index (κ2) is 9.83. The number of amides is 1. The van der Waals surface area contributed by atoms with Crippen molar-refractivity contribution in [3.8, 4) is 34.6 Å². The van der Waals surface area contributed by atoms with Crippen LogP contribution in [0.2, 0.25) is 0 Å². The number of nitrogens with one attached hydrogen (secondary N) is 1. The molecule has 11 heteroatoms. The molecule has 0 aliphatic carbocycles. The second-order valence-corrected chi connectivity index (χ2v) is 6.19. The summed E-state index contributed by atoms with van der Waals surface area (Å²) in [7, 11) is 3.11. The molecule has 0 aliphatic rings. The molecule has 1 N–H and O–H groups in total. The lowest BCUT2D eigenvalue weighted by Gasteiger charge is -2.16. The van der Waals surface area contributed by atoms with Crippen molar-refractivity contribution in [2.75, 3.05) is 32.2 Å². The van der Waals surface area contributed by atoms with Crippen LogP contribution in [-0.2, 0) is 7.05 Å². The lowest BCUT2D eigenvalue weighted by atomic mass is 10.2. The summed E-state index contributed by atoms with van der Waals surface area (Å²) in [5, 5.41) is 14.5. The van der Waals surface area contributed by atoms with Crippen LogP contribution < -0.4 is 24.3 Å². The van der Waals surface area contributed by atoms with E-state index in [9.17, 15) is 4.79 Å². The second-order valence-electron chi connectivity index (χ2n) is 6.19. The van der Waals surface area contributed by atoms with Gasteiger partial charge in [-0.05, 0) is 32.9 Å². The first kappa shape index (κ1) is 21.9. The van der Waals surface area contributed by atoms with Gasteiger partial charge in [-0.25, -0.2) is 0 Å². The fourth-order valence-corrected chi connectivity index (χ4v) is 2.84. The lowest BCUT2D eigenvalue weighted by Crippen LogP contribution is -2.12. The molecule has 0 unspecified atom stereocenters. The number of carbonyl (C=O) groups is 1. The maximum Gasteiger partial charge on any atom is 0.322 e. The summed E-state index contributed by atoms with van der Waals surface area (Å²) >= 11 is 0. The Kier molecular flexibility index (Phi) is 6.96. The van der Waals surface area contributed by atoms with E-state index >= 15 is 0 Å². The molecule has 3 aromatic rings. The van der Waals surface area contributed by atoms with Crippen molar-refractivity contribution in [1.82, 2.24) is 20.0 Å². The average Bonchev–Trinajstić information content (AvgIpc) is 3.36. The first-order chi connectivity index (χ1) is 15.0. The van der Waals surface area contributed by atoms with Crippen molar-refractivity contribution < 1.29 is 28.2 Å². The summed E-state index contributed by atoms with van der Waals surface area (Å²) in [6.45, 7) is 6.95. The number of carbonyl (C=O) groups excluding carboxylic acids is 1. The van der Waals surface area contributed by atoms with Crippen molar-refractivity contribution in [2.45, 2.75) is 20.8 Å². The molecule has 2 aromatic heterocycles. The van der Waals surface area contributed by atoms with E-state index in [4.69, 9.17) is 23.4 Å². The topological polar surface area (TPSA) is 123 Å². The highest BCUT2D eigenvalue weighted by Gasteiger charge is 2.21. The zero-order valence-electron chi connectivity index (χ0n) is 18.1. The van der Waals surface area contributed by atoms with Crippen molar-refractivity contribution in [3.63, 3.8) is 0 Å². The molecule has 0 saturated carbocycles. The summed E-state index contributed by atoms with van der Waals surface area (Å²) < 4.78 is 29.3. The summed E-state index contributed by atoms with van der Waals surface area (Å²) in [6.07, 6.45) is 1.53. The van der Waals surface area contributed by atoms with Gasteiger partial charge in [0.15, 0.2) is 11.5 Å². The van der Waals surface area contributed by atoms with Crippen LogP contribution in [0.15, 0.2) is 22.7 Å². The van der Waals surface area contributed by atoms with Gasteiger partial charge < -0.3 is 23.4 Å². The highest BCUT2D eigenvalue weighted by Crippen LogP contribution is 2.41. The van der Waals surface area contributed by atoms with Crippen LogP contribution in [0.4, 0.5) is 6.01 Å². The molecular weight excluding hydrogens is 406 g/mol. The zero-order chi connectivity index (χ0) is 22.4. The summed E-state index contributed by atoms with van der Waals surface area (Å²) in [6, 6.07) is 3.37. The first-order valence-electron chi connectivity index (χ1n) is 9.79. The van der Waals surface area contributed by atoms with Crippen molar-refractivity contribution >= 4 is 11.9 Å². The Bertz CT molecular complexity index is 1020. The number of benzene rings is 1. The Morgan fingerprint density at radius 2 is 1.71 bits per heavy atom. The molecule has 0 saturated heterocycles. The van der Waals surface area contributed by atoms with Crippen LogP contribution in [0.3, 0.4) is 0 Å². The molecule has 0 bridgehead atoms. The smallest absolute Gasteiger partial charge is 0.322 e. The summed E-state index contributed by atoms with van der Waals surface area (Å²) in [4.78, 5) is 12.5. The van der Waals surface area contributed by atoms with E-state index in [0.29, 0.717) is 42.6 Å². The summed E-state index contributed by atoms with van der Waals surface area (Å²) in [5.74, 6) is 1.37.